The maximum absolute atomic E-state index is 12.6. The van der Waals surface area contributed by atoms with Crippen LogP contribution in [0.5, 0.6) is 0 Å². The molecule has 7 heteroatoms. The van der Waals surface area contributed by atoms with Crippen molar-refractivity contribution in [2.24, 2.45) is 5.16 Å². The highest BCUT2D eigenvalue weighted by Gasteiger charge is 2.34. The number of nitrogens with zero attached hydrogens (tertiary/aromatic N) is 2. The zero-order chi connectivity index (χ0) is 17.8. The van der Waals surface area contributed by atoms with E-state index in [9.17, 15) is 14.8 Å². The van der Waals surface area contributed by atoms with Crippen LogP contribution in [0.25, 0.3) is 0 Å². The van der Waals surface area contributed by atoms with Gasteiger partial charge in [-0.3, -0.25) is 9.59 Å². The second-order valence-corrected chi connectivity index (χ2v) is 5.54. The maximum Gasteiger partial charge on any atom is 0.281 e. The van der Waals surface area contributed by atoms with Crippen LogP contribution in [0, 0.1) is 0 Å². The van der Waals surface area contributed by atoms with Gasteiger partial charge in [0.1, 0.15) is 6.61 Å². The first-order chi connectivity index (χ1) is 12.1. The van der Waals surface area contributed by atoms with Gasteiger partial charge in [-0.25, -0.2) is 0 Å². The lowest BCUT2D eigenvalue weighted by Gasteiger charge is -2.17. The number of hydrogen-bond acceptors (Lipinski definition) is 5. The quantitative estimate of drug-likeness (QED) is 0.644. The highest BCUT2D eigenvalue weighted by Crippen LogP contribution is 2.33. The van der Waals surface area contributed by atoms with Gasteiger partial charge >= 0.3 is 0 Å². The van der Waals surface area contributed by atoms with Crippen molar-refractivity contribution in [1.29, 1.82) is 0 Å². The van der Waals surface area contributed by atoms with Crippen molar-refractivity contribution in [1.82, 2.24) is 0 Å². The van der Waals surface area contributed by atoms with E-state index < -0.39 is 0 Å². The van der Waals surface area contributed by atoms with E-state index >= 15 is 0 Å². The molecule has 3 rings (SSSR count). The average molecular weight is 339 g/mol. The van der Waals surface area contributed by atoms with Gasteiger partial charge in [0, 0.05) is 18.4 Å². The molecule has 2 amide bonds. The van der Waals surface area contributed by atoms with Gasteiger partial charge in [0.15, 0.2) is 5.71 Å². The molecule has 128 valence electrons. The summed E-state index contributed by atoms with van der Waals surface area (Å²) in [7, 11) is 1.43. The smallest absolute Gasteiger partial charge is 0.281 e. The molecule has 0 saturated heterocycles. The molecule has 2 aromatic rings. The van der Waals surface area contributed by atoms with E-state index in [-0.39, 0.29) is 24.1 Å². The van der Waals surface area contributed by atoms with Gasteiger partial charge in [0.05, 0.1) is 12.2 Å². The average Bonchev–Trinajstić information content (AvgIpc) is 2.87. The minimum absolute atomic E-state index is 0.0474. The normalized spacial score (nSPS) is 14.7. The molecule has 0 bridgehead atoms. The Bertz CT molecular complexity index is 833. The fourth-order valence-corrected chi connectivity index (χ4v) is 2.74. The zero-order valence-corrected chi connectivity index (χ0v) is 13.6. The molecule has 0 spiro atoms. The zero-order valence-electron chi connectivity index (χ0n) is 13.6. The number of carbonyl (C=O) groups excluding carboxylic acids is 2. The van der Waals surface area contributed by atoms with E-state index in [4.69, 9.17) is 4.74 Å². The molecule has 0 saturated carbocycles. The summed E-state index contributed by atoms with van der Waals surface area (Å²) in [5.41, 5.74) is 2.51. The van der Waals surface area contributed by atoms with Crippen molar-refractivity contribution in [3.8, 4) is 0 Å². The Labute approximate surface area is 144 Å². The molecule has 25 heavy (non-hydrogen) atoms. The largest absolute Gasteiger partial charge is 0.410 e. The van der Waals surface area contributed by atoms with Crippen LogP contribution < -0.4 is 10.2 Å². The molecule has 0 aromatic heterocycles. The first-order valence-corrected chi connectivity index (χ1v) is 7.65. The number of rotatable bonds is 5. The van der Waals surface area contributed by atoms with Gasteiger partial charge in [0.25, 0.3) is 5.91 Å². The maximum atomic E-state index is 12.6. The van der Waals surface area contributed by atoms with Crippen molar-refractivity contribution in [3.63, 3.8) is 0 Å². The van der Waals surface area contributed by atoms with Crippen LogP contribution >= 0.6 is 0 Å². The van der Waals surface area contributed by atoms with Crippen LogP contribution in [0.3, 0.4) is 0 Å². The van der Waals surface area contributed by atoms with Crippen LogP contribution in [-0.2, 0) is 20.9 Å². The van der Waals surface area contributed by atoms with E-state index in [1.54, 1.807) is 23.1 Å². The van der Waals surface area contributed by atoms with Crippen molar-refractivity contribution >= 4 is 28.9 Å². The number of carbonyl (C=O) groups is 2. The Balaban J connectivity index is 1.91. The summed E-state index contributed by atoms with van der Waals surface area (Å²) in [6.45, 7) is 0.290. The van der Waals surface area contributed by atoms with Gasteiger partial charge in [0.2, 0.25) is 5.91 Å². The number of hydrogen-bond donors (Lipinski definition) is 2. The summed E-state index contributed by atoms with van der Waals surface area (Å²) in [6.07, 6.45) is 0. The number of amides is 2. The van der Waals surface area contributed by atoms with Crippen molar-refractivity contribution in [2.75, 3.05) is 23.9 Å². The molecule has 0 aliphatic carbocycles. The molecule has 0 radical (unpaired) electrons. The standard InChI is InChI=1S/C18H17N3O4/c1-25-11-16(22)19-13-7-8-15-14(9-13)17(20-24)18(23)21(15)10-12-5-3-2-4-6-12/h2-9,24H,10-11H2,1H3,(H,19,22)/b20-17-. The number of methoxy groups -OCH3 is 1. The lowest BCUT2D eigenvalue weighted by molar-refractivity contribution is -0.119. The van der Waals surface area contributed by atoms with Gasteiger partial charge < -0.3 is 20.2 Å². The first kappa shape index (κ1) is 16.7. The molecule has 7 nitrogen and oxygen atoms in total. The molecule has 0 fully saturated rings. The predicted octanol–water partition coefficient (Wildman–Crippen LogP) is 2.00. The summed E-state index contributed by atoms with van der Waals surface area (Å²) < 4.78 is 4.77. The van der Waals surface area contributed by atoms with E-state index in [1.807, 2.05) is 30.3 Å². The number of ether oxygens (including phenoxy) is 1. The first-order valence-electron chi connectivity index (χ1n) is 7.65. The SMILES string of the molecule is COCC(=O)Nc1ccc2c(c1)/C(=N/O)C(=O)N2Cc1ccccc1. The Morgan fingerprint density at radius 3 is 2.68 bits per heavy atom. The Morgan fingerprint density at radius 2 is 2.00 bits per heavy atom. The van der Waals surface area contributed by atoms with Gasteiger partial charge in [-0.15, -0.1) is 0 Å². The summed E-state index contributed by atoms with van der Waals surface area (Å²) in [6, 6.07) is 14.5. The fourth-order valence-electron chi connectivity index (χ4n) is 2.74. The molecular formula is C18H17N3O4. The third-order valence-corrected chi connectivity index (χ3v) is 3.83. The second-order valence-electron chi connectivity index (χ2n) is 5.54. The third-order valence-electron chi connectivity index (χ3n) is 3.83. The summed E-state index contributed by atoms with van der Waals surface area (Å²) >= 11 is 0. The number of nitrogens with one attached hydrogen (secondary N) is 1. The highest BCUT2D eigenvalue weighted by molar-refractivity contribution is 6.54. The minimum atomic E-state index is -0.387. The van der Waals surface area contributed by atoms with Crippen molar-refractivity contribution < 1.29 is 19.5 Å². The monoisotopic (exact) mass is 339 g/mol. The van der Waals surface area contributed by atoms with Crippen LogP contribution in [0.4, 0.5) is 11.4 Å². The number of anilines is 2. The van der Waals surface area contributed by atoms with E-state index in [1.165, 1.54) is 7.11 Å². The van der Waals surface area contributed by atoms with Crippen LogP contribution in [0.1, 0.15) is 11.1 Å². The second kappa shape index (κ2) is 7.14. The lowest BCUT2D eigenvalue weighted by Crippen LogP contribution is -2.29. The minimum Gasteiger partial charge on any atom is -0.410 e. The molecular weight excluding hydrogens is 322 g/mol. The summed E-state index contributed by atoms with van der Waals surface area (Å²) in [4.78, 5) is 25.7. The van der Waals surface area contributed by atoms with Crippen LogP contribution in [-0.4, -0.2) is 36.4 Å². The van der Waals surface area contributed by atoms with Gasteiger partial charge in [-0.1, -0.05) is 35.5 Å². The molecule has 0 unspecified atom stereocenters. The lowest BCUT2D eigenvalue weighted by atomic mass is 10.1. The third kappa shape index (κ3) is 3.36. The van der Waals surface area contributed by atoms with Crippen LogP contribution in [0.2, 0.25) is 0 Å². The van der Waals surface area contributed by atoms with Gasteiger partial charge in [-0.05, 0) is 23.8 Å². The van der Waals surface area contributed by atoms with Crippen LogP contribution in [0.15, 0.2) is 53.7 Å². The van der Waals surface area contributed by atoms with E-state index in [2.05, 4.69) is 10.5 Å². The number of fused-ring (bicyclic) bond motifs is 1. The summed E-state index contributed by atoms with van der Waals surface area (Å²) in [5, 5.41) is 15.1. The Hall–Kier alpha value is -3.19. The topological polar surface area (TPSA) is 91.2 Å². The molecule has 1 aliphatic rings. The number of benzene rings is 2. The highest BCUT2D eigenvalue weighted by atomic mass is 16.5. The molecule has 1 aliphatic heterocycles. The van der Waals surface area contributed by atoms with E-state index in [0.717, 1.165) is 5.56 Å². The molecule has 1 heterocycles. The molecule has 2 N–H and O–H groups in total. The van der Waals surface area contributed by atoms with Crippen molar-refractivity contribution in [2.45, 2.75) is 6.54 Å². The molecule has 0 atom stereocenters. The van der Waals surface area contributed by atoms with Crippen molar-refractivity contribution in [3.05, 3.63) is 59.7 Å². The van der Waals surface area contributed by atoms with Gasteiger partial charge in [-0.2, -0.15) is 0 Å². The van der Waals surface area contributed by atoms with E-state index in [0.29, 0.717) is 23.5 Å². The summed E-state index contributed by atoms with van der Waals surface area (Å²) in [5.74, 6) is -0.697. The fraction of sp³-hybridized carbons (Fsp3) is 0.167. The Morgan fingerprint density at radius 1 is 1.24 bits per heavy atom. The predicted molar refractivity (Wildman–Crippen MR) is 92.9 cm³/mol. The Kier molecular flexibility index (Phi) is 4.76. The molecule has 2 aromatic carbocycles. The number of oxime groups is 1.